The van der Waals surface area contributed by atoms with Gasteiger partial charge < -0.3 is 19.1 Å². The maximum absolute atomic E-state index is 6.11. The van der Waals surface area contributed by atoms with Crippen LogP contribution in [0.1, 0.15) is 37.7 Å². The second-order valence-electron chi connectivity index (χ2n) is 8.71. The average Bonchev–Trinajstić information content (AvgIpc) is 3.18. The molecule has 0 N–H and O–H groups in total. The van der Waals surface area contributed by atoms with Gasteiger partial charge in [0.1, 0.15) is 5.75 Å². The molecule has 154 valence electrons. The van der Waals surface area contributed by atoms with Crippen molar-refractivity contribution in [3.05, 3.63) is 53.1 Å². The Bertz CT molecular complexity index is 850. The van der Waals surface area contributed by atoms with Gasteiger partial charge >= 0.3 is 0 Å². The van der Waals surface area contributed by atoms with Crippen LogP contribution in [0.25, 0.3) is 0 Å². The van der Waals surface area contributed by atoms with Crippen LogP contribution in [0.5, 0.6) is 17.2 Å². The topological polar surface area (TPSA) is 30.9 Å². The summed E-state index contributed by atoms with van der Waals surface area (Å²) in [6.45, 7) is 4.50. The maximum atomic E-state index is 6.11. The van der Waals surface area contributed by atoms with E-state index >= 15 is 0 Å². The monoisotopic (exact) mass is 413 g/mol. The zero-order chi connectivity index (χ0) is 19.7. The minimum absolute atomic E-state index is 0.297. The summed E-state index contributed by atoms with van der Waals surface area (Å²) in [6, 6.07) is 14.4. The van der Waals surface area contributed by atoms with Gasteiger partial charge in [0.25, 0.3) is 0 Å². The van der Waals surface area contributed by atoms with Crippen LogP contribution in [0.3, 0.4) is 0 Å². The molecule has 0 radical (unpaired) electrons. The van der Waals surface area contributed by atoms with Gasteiger partial charge in [0.15, 0.2) is 11.5 Å². The van der Waals surface area contributed by atoms with Crippen molar-refractivity contribution in [3.8, 4) is 17.2 Å². The molecule has 1 atom stereocenters. The van der Waals surface area contributed by atoms with Gasteiger partial charge in [-0.1, -0.05) is 30.2 Å². The molecule has 0 bridgehead atoms. The highest BCUT2D eigenvalue weighted by molar-refractivity contribution is 6.30. The highest BCUT2D eigenvalue weighted by Gasteiger charge is 2.40. The summed E-state index contributed by atoms with van der Waals surface area (Å²) in [5.41, 5.74) is 1.76. The van der Waals surface area contributed by atoms with E-state index < -0.39 is 0 Å². The Morgan fingerprint density at radius 2 is 1.86 bits per heavy atom. The number of rotatable bonds is 6. The van der Waals surface area contributed by atoms with Gasteiger partial charge in [-0.2, -0.15) is 0 Å². The second-order valence-corrected chi connectivity index (χ2v) is 9.15. The number of fused-ring (bicyclic) bond motifs is 1. The van der Waals surface area contributed by atoms with Gasteiger partial charge in [-0.05, 0) is 62.1 Å². The van der Waals surface area contributed by atoms with Crippen molar-refractivity contribution in [2.45, 2.75) is 37.5 Å². The third-order valence-electron chi connectivity index (χ3n) is 6.73. The van der Waals surface area contributed by atoms with E-state index in [0.717, 1.165) is 42.0 Å². The Hall–Kier alpha value is -1.91. The molecule has 5 heteroatoms. The van der Waals surface area contributed by atoms with Crippen LogP contribution in [-0.2, 0) is 5.41 Å². The molecule has 1 saturated carbocycles. The van der Waals surface area contributed by atoms with E-state index in [2.05, 4.69) is 17.0 Å². The molecule has 2 aromatic carbocycles. The third kappa shape index (κ3) is 4.06. The van der Waals surface area contributed by atoms with E-state index in [9.17, 15) is 0 Å². The summed E-state index contributed by atoms with van der Waals surface area (Å²) in [7, 11) is 0. The first-order valence-corrected chi connectivity index (χ1v) is 11.1. The molecule has 1 aliphatic carbocycles. The molecule has 1 unspecified atom stereocenters. The molecule has 29 heavy (non-hydrogen) atoms. The molecule has 2 heterocycles. The van der Waals surface area contributed by atoms with Crippen molar-refractivity contribution in [2.75, 3.05) is 33.0 Å². The Morgan fingerprint density at radius 1 is 1.03 bits per heavy atom. The van der Waals surface area contributed by atoms with Crippen molar-refractivity contribution >= 4 is 11.6 Å². The second kappa shape index (κ2) is 8.08. The maximum Gasteiger partial charge on any atom is 0.231 e. The van der Waals surface area contributed by atoms with Crippen molar-refractivity contribution in [1.29, 1.82) is 0 Å². The van der Waals surface area contributed by atoms with E-state index in [1.807, 2.05) is 30.3 Å². The number of hydrogen-bond acceptors (Lipinski definition) is 4. The van der Waals surface area contributed by atoms with Crippen LogP contribution < -0.4 is 14.2 Å². The largest absolute Gasteiger partial charge is 0.493 e. The third-order valence-corrected chi connectivity index (χ3v) is 6.98. The summed E-state index contributed by atoms with van der Waals surface area (Å²) >= 11 is 6.11. The van der Waals surface area contributed by atoms with Gasteiger partial charge in [-0.15, -0.1) is 0 Å². The van der Waals surface area contributed by atoms with Crippen LogP contribution in [0, 0.1) is 5.92 Å². The molecule has 0 spiro atoms. The Kier molecular flexibility index (Phi) is 5.31. The molecule has 0 amide bonds. The molecule has 2 aromatic rings. The van der Waals surface area contributed by atoms with Crippen molar-refractivity contribution in [3.63, 3.8) is 0 Å². The molecular weight excluding hydrogens is 386 g/mol. The summed E-state index contributed by atoms with van der Waals surface area (Å²) < 4.78 is 16.9. The normalized spacial score (nSPS) is 22.9. The smallest absolute Gasteiger partial charge is 0.231 e. The Morgan fingerprint density at radius 3 is 2.66 bits per heavy atom. The SMILES string of the molecule is Clc1ccc(C2(CN3CCCC(COc4ccc5c(c4)OCO5)C3)CCC2)cc1. The number of benzene rings is 2. The number of ether oxygens (including phenoxy) is 3. The zero-order valence-corrected chi connectivity index (χ0v) is 17.5. The summed E-state index contributed by atoms with van der Waals surface area (Å²) in [6.07, 6.45) is 6.36. The highest BCUT2D eigenvalue weighted by Crippen LogP contribution is 2.45. The standard InChI is InChI=1S/C24H28ClNO3/c25-20-6-4-19(5-7-20)24(10-2-11-24)16-26-12-1-3-18(14-26)15-27-21-8-9-22-23(13-21)29-17-28-22/h4-9,13,18H,1-3,10-12,14-17H2. The van der Waals surface area contributed by atoms with Gasteiger partial charge in [-0.25, -0.2) is 0 Å². The van der Waals surface area contributed by atoms with E-state index in [-0.39, 0.29) is 0 Å². The number of likely N-dealkylation sites (tertiary alicyclic amines) is 1. The summed E-state index contributed by atoms with van der Waals surface area (Å²) in [5.74, 6) is 3.01. The number of nitrogens with zero attached hydrogens (tertiary/aromatic N) is 1. The van der Waals surface area contributed by atoms with E-state index in [1.165, 1.54) is 44.2 Å². The van der Waals surface area contributed by atoms with Crippen molar-refractivity contribution in [2.24, 2.45) is 5.92 Å². The minimum atomic E-state index is 0.297. The summed E-state index contributed by atoms with van der Waals surface area (Å²) in [4.78, 5) is 2.66. The van der Waals surface area contributed by atoms with Crippen LogP contribution >= 0.6 is 11.6 Å². The highest BCUT2D eigenvalue weighted by atomic mass is 35.5. The Balaban J connectivity index is 1.19. The molecular formula is C24H28ClNO3. The zero-order valence-electron chi connectivity index (χ0n) is 16.7. The van der Waals surface area contributed by atoms with Gasteiger partial charge in [0, 0.05) is 35.5 Å². The van der Waals surface area contributed by atoms with E-state index in [4.69, 9.17) is 25.8 Å². The average molecular weight is 414 g/mol. The predicted octanol–water partition coefficient (Wildman–Crippen LogP) is 5.28. The van der Waals surface area contributed by atoms with Crippen molar-refractivity contribution in [1.82, 2.24) is 4.90 Å². The lowest BCUT2D eigenvalue weighted by atomic mass is 9.64. The van der Waals surface area contributed by atoms with Crippen LogP contribution in [0.15, 0.2) is 42.5 Å². The first-order chi connectivity index (χ1) is 14.2. The molecule has 4 nitrogen and oxygen atoms in total. The quantitative estimate of drug-likeness (QED) is 0.644. The van der Waals surface area contributed by atoms with Crippen LogP contribution in [-0.4, -0.2) is 37.9 Å². The predicted molar refractivity (Wildman–Crippen MR) is 114 cm³/mol. The fraction of sp³-hybridized carbons (Fsp3) is 0.500. The molecule has 1 saturated heterocycles. The van der Waals surface area contributed by atoms with Gasteiger partial charge in [0.05, 0.1) is 6.61 Å². The number of hydrogen-bond donors (Lipinski definition) is 0. The van der Waals surface area contributed by atoms with Crippen molar-refractivity contribution < 1.29 is 14.2 Å². The fourth-order valence-corrected chi connectivity index (χ4v) is 5.11. The molecule has 2 fully saturated rings. The van der Waals surface area contributed by atoms with E-state index in [1.54, 1.807) is 0 Å². The minimum Gasteiger partial charge on any atom is -0.493 e. The number of piperidine rings is 1. The lowest BCUT2D eigenvalue weighted by Gasteiger charge is -2.47. The molecule has 0 aromatic heterocycles. The molecule has 3 aliphatic rings. The first-order valence-electron chi connectivity index (χ1n) is 10.7. The lowest BCUT2D eigenvalue weighted by molar-refractivity contribution is 0.0816. The fourth-order valence-electron chi connectivity index (χ4n) is 4.98. The van der Waals surface area contributed by atoms with E-state index in [0.29, 0.717) is 18.1 Å². The number of halogens is 1. The lowest BCUT2D eigenvalue weighted by Crippen LogP contribution is -2.49. The molecule has 5 rings (SSSR count). The summed E-state index contributed by atoms with van der Waals surface area (Å²) in [5, 5.41) is 0.821. The van der Waals surface area contributed by atoms with Crippen LogP contribution in [0.2, 0.25) is 5.02 Å². The van der Waals surface area contributed by atoms with Gasteiger partial charge in [0.2, 0.25) is 6.79 Å². The molecule has 2 aliphatic heterocycles. The first kappa shape index (κ1) is 19.1. The van der Waals surface area contributed by atoms with Gasteiger partial charge in [-0.3, -0.25) is 0 Å². The Labute approximate surface area is 177 Å². The van der Waals surface area contributed by atoms with Crippen LogP contribution in [0.4, 0.5) is 0 Å².